The molecule has 1 rings (SSSR count). The van der Waals surface area contributed by atoms with Crippen LogP contribution in [0.2, 0.25) is 0 Å². The standard InChI is InChI=1S/C7H7NO5S/c8-14(11,12)6-4-2-1-3-5(6)13-7(9)10/h1-4H,(H,9,10)(H2,8,11,12). The van der Waals surface area contributed by atoms with Gasteiger partial charge in [-0.15, -0.1) is 0 Å². The summed E-state index contributed by atoms with van der Waals surface area (Å²) in [5, 5.41) is 13.1. The average Bonchev–Trinajstić information content (AvgIpc) is 2.01. The molecule has 3 N–H and O–H groups in total. The topological polar surface area (TPSA) is 107 Å². The lowest BCUT2D eigenvalue weighted by atomic mass is 10.3. The lowest BCUT2D eigenvalue weighted by Crippen LogP contribution is -2.15. The largest absolute Gasteiger partial charge is 0.511 e. The summed E-state index contributed by atoms with van der Waals surface area (Å²) < 4.78 is 26.1. The van der Waals surface area contributed by atoms with Crippen LogP contribution in [0, 0.1) is 0 Å². The van der Waals surface area contributed by atoms with E-state index in [4.69, 9.17) is 10.2 Å². The van der Waals surface area contributed by atoms with E-state index >= 15 is 0 Å². The quantitative estimate of drug-likeness (QED) is 0.550. The summed E-state index contributed by atoms with van der Waals surface area (Å²) in [4.78, 5) is 9.83. The van der Waals surface area contributed by atoms with Gasteiger partial charge in [-0.1, -0.05) is 12.1 Å². The highest BCUT2D eigenvalue weighted by Crippen LogP contribution is 2.21. The van der Waals surface area contributed by atoms with Crippen LogP contribution >= 0.6 is 0 Å². The monoisotopic (exact) mass is 217 g/mol. The first-order valence-corrected chi connectivity index (χ1v) is 4.98. The summed E-state index contributed by atoms with van der Waals surface area (Å²) in [6.45, 7) is 0. The number of sulfonamides is 1. The maximum atomic E-state index is 10.9. The molecule has 0 heterocycles. The molecule has 1 aromatic carbocycles. The minimum Gasteiger partial charge on any atom is -0.449 e. The zero-order chi connectivity index (χ0) is 10.8. The molecule has 0 fully saturated rings. The van der Waals surface area contributed by atoms with Crippen molar-refractivity contribution in [2.24, 2.45) is 5.14 Å². The van der Waals surface area contributed by atoms with E-state index in [1.165, 1.54) is 18.2 Å². The molecule has 0 spiro atoms. The minimum absolute atomic E-state index is 0.303. The summed E-state index contributed by atoms with van der Waals surface area (Å²) >= 11 is 0. The van der Waals surface area contributed by atoms with Crippen LogP contribution in [0.3, 0.4) is 0 Å². The third-order valence-electron chi connectivity index (χ3n) is 1.35. The van der Waals surface area contributed by atoms with Crippen LogP contribution in [0.15, 0.2) is 29.2 Å². The normalized spacial score (nSPS) is 10.9. The Kier molecular flexibility index (Phi) is 2.73. The molecular weight excluding hydrogens is 210 g/mol. The fourth-order valence-corrected chi connectivity index (χ4v) is 1.52. The Labute approximate surface area is 80.0 Å². The lowest BCUT2D eigenvalue weighted by Gasteiger charge is -2.04. The average molecular weight is 217 g/mol. The number of rotatable bonds is 2. The first kappa shape index (κ1) is 10.5. The van der Waals surface area contributed by atoms with Gasteiger partial charge in [-0.3, -0.25) is 0 Å². The number of ether oxygens (including phenoxy) is 1. The van der Waals surface area contributed by atoms with Gasteiger partial charge in [0.05, 0.1) is 0 Å². The first-order valence-electron chi connectivity index (χ1n) is 3.44. The van der Waals surface area contributed by atoms with Gasteiger partial charge in [-0.05, 0) is 12.1 Å². The van der Waals surface area contributed by atoms with E-state index in [2.05, 4.69) is 4.74 Å². The molecule has 14 heavy (non-hydrogen) atoms. The molecule has 0 unspecified atom stereocenters. The fraction of sp³-hybridized carbons (Fsp3) is 0. The summed E-state index contributed by atoms with van der Waals surface area (Å²) in [6.07, 6.45) is -1.60. The summed E-state index contributed by atoms with van der Waals surface area (Å²) in [5.41, 5.74) is 0. The SMILES string of the molecule is NS(=O)(=O)c1ccccc1OC(=O)O. The Morgan fingerprint density at radius 3 is 2.43 bits per heavy atom. The second kappa shape index (κ2) is 3.64. The van der Waals surface area contributed by atoms with Gasteiger partial charge < -0.3 is 9.84 Å². The fourth-order valence-electron chi connectivity index (χ4n) is 0.864. The molecule has 0 saturated carbocycles. The van der Waals surface area contributed by atoms with E-state index in [0.29, 0.717) is 0 Å². The van der Waals surface area contributed by atoms with E-state index in [1.54, 1.807) is 0 Å². The highest BCUT2D eigenvalue weighted by atomic mass is 32.2. The van der Waals surface area contributed by atoms with Crippen LogP contribution in [-0.4, -0.2) is 19.7 Å². The van der Waals surface area contributed by atoms with Gasteiger partial charge in [-0.2, -0.15) is 0 Å². The molecule has 1 aromatic rings. The minimum atomic E-state index is -3.97. The van der Waals surface area contributed by atoms with E-state index in [9.17, 15) is 13.2 Å². The summed E-state index contributed by atoms with van der Waals surface area (Å²) in [5.74, 6) is -0.303. The molecule has 0 aliphatic rings. The lowest BCUT2D eigenvalue weighted by molar-refractivity contribution is 0.143. The zero-order valence-electron chi connectivity index (χ0n) is 6.88. The molecular formula is C7H7NO5S. The van der Waals surface area contributed by atoms with Gasteiger partial charge >= 0.3 is 6.16 Å². The Balaban J connectivity index is 3.23. The van der Waals surface area contributed by atoms with E-state index < -0.39 is 16.2 Å². The number of carbonyl (C=O) groups is 1. The van der Waals surface area contributed by atoms with Gasteiger partial charge in [0.1, 0.15) is 4.90 Å². The third kappa shape index (κ3) is 2.44. The summed E-state index contributed by atoms with van der Waals surface area (Å²) in [6, 6.07) is 5.21. The van der Waals surface area contributed by atoms with Crippen molar-refractivity contribution < 1.29 is 23.1 Å². The van der Waals surface area contributed by atoms with Crippen molar-refractivity contribution in [1.29, 1.82) is 0 Å². The van der Waals surface area contributed by atoms with Crippen LogP contribution < -0.4 is 9.88 Å². The molecule has 6 nitrogen and oxygen atoms in total. The van der Waals surface area contributed by atoms with Gasteiger partial charge in [0.15, 0.2) is 5.75 Å². The van der Waals surface area contributed by atoms with Crippen LogP contribution in [0.5, 0.6) is 5.75 Å². The molecule has 0 aromatic heterocycles. The van der Waals surface area contributed by atoms with Crippen LogP contribution in [0.1, 0.15) is 0 Å². The van der Waals surface area contributed by atoms with E-state index in [-0.39, 0.29) is 10.6 Å². The molecule has 0 aliphatic carbocycles. The number of carboxylic acid groups (broad SMARTS) is 1. The smallest absolute Gasteiger partial charge is 0.449 e. The molecule has 0 aliphatic heterocycles. The van der Waals surface area contributed by atoms with Crippen molar-refractivity contribution in [2.45, 2.75) is 4.90 Å². The maximum Gasteiger partial charge on any atom is 0.511 e. The number of para-hydroxylation sites is 1. The van der Waals surface area contributed by atoms with Crippen LogP contribution in [0.4, 0.5) is 4.79 Å². The van der Waals surface area contributed by atoms with Gasteiger partial charge in [0.2, 0.25) is 10.0 Å². The molecule has 7 heteroatoms. The van der Waals surface area contributed by atoms with Crippen molar-refractivity contribution in [3.8, 4) is 5.75 Å². The predicted octanol–water partition coefficient (Wildman–Crippen LogP) is 0.391. The molecule has 0 saturated heterocycles. The predicted molar refractivity (Wildman–Crippen MR) is 46.5 cm³/mol. The van der Waals surface area contributed by atoms with Crippen molar-refractivity contribution in [1.82, 2.24) is 0 Å². The maximum absolute atomic E-state index is 10.9. The Hall–Kier alpha value is -1.60. The van der Waals surface area contributed by atoms with Crippen molar-refractivity contribution in [3.63, 3.8) is 0 Å². The number of benzene rings is 1. The van der Waals surface area contributed by atoms with E-state index in [1.807, 2.05) is 0 Å². The molecule has 0 radical (unpaired) electrons. The van der Waals surface area contributed by atoms with Crippen molar-refractivity contribution in [3.05, 3.63) is 24.3 Å². The molecule has 76 valence electrons. The number of nitrogens with two attached hydrogens (primary N) is 1. The molecule has 0 amide bonds. The zero-order valence-corrected chi connectivity index (χ0v) is 7.69. The van der Waals surface area contributed by atoms with Crippen LogP contribution in [-0.2, 0) is 10.0 Å². The molecule has 0 atom stereocenters. The van der Waals surface area contributed by atoms with Gasteiger partial charge in [0, 0.05) is 0 Å². The van der Waals surface area contributed by atoms with Crippen molar-refractivity contribution >= 4 is 16.2 Å². The van der Waals surface area contributed by atoms with E-state index in [0.717, 1.165) is 6.07 Å². The second-order valence-corrected chi connectivity index (χ2v) is 3.89. The van der Waals surface area contributed by atoms with Crippen molar-refractivity contribution in [2.75, 3.05) is 0 Å². The highest BCUT2D eigenvalue weighted by Gasteiger charge is 2.16. The Morgan fingerprint density at radius 1 is 1.36 bits per heavy atom. The van der Waals surface area contributed by atoms with Gasteiger partial charge in [0.25, 0.3) is 0 Å². The summed E-state index contributed by atoms with van der Waals surface area (Å²) in [7, 11) is -3.97. The number of hydrogen-bond donors (Lipinski definition) is 2. The third-order valence-corrected chi connectivity index (χ3v) is 2.30. The van der Waals surface area contributed by atoms with Crippen LogP contribution in [0.25, 0.3) is 0 Å². The number of hydrogen-bond acceptors (Lipinski definition) is 4. The second-order valence-electron chi connectivity index (χ2n) is 2.36. The molecule has 0 bridgehead atoms. The Morgan fingerprint density at radius 2 is 1.93 bits per heavy atom. The Bertz CT molecular complexity index is 453. The number of primary sulfonamides is 1. The first-order chi connectivity index (χ1) is 6.41. The highest BCUT2D eigenvalue weighted by molar-refractivity contribution is 7.89. The van der Waals surface area contributed by atoms with Gasteiger partial charge in [-0.25, -0.2) is 18.4 Å².